The summed E-state index contributed by atoms with van der Waals surface area (Å²) in [7, 11) is -1.92. The van der Waals surface area contributed by atoms with E-state index in [4.69, 9.17) is 22.6 Å². The lowest BCUT2D eigenvalue weighted by molar-refractivity contribution is 0.391. The van der Waals surface area contributed by atoms with Crippen LogP contribution < -0.4 is 5.73 Å². The first kappa shape index (κ1) is 22.0. The van der Waals surface area contributed by atoms with Gasteiger partial charge in [0.25, 0.3) is 0 Å². The number of nitrogens with zero attached hydrogens (tertiary/aromatic N) is 4. The summed E-state index contributed by atoms with van der Waals surface area (Å²) in [6.45, 7) is 1.52. The molecule has 1 aliphatic heterocycles. The zero-order chi connectivity index (χ0) is 22.3. The van der Waals surface area contributed by atoms with E-state index in [9.17, 15) is 17.9 Å². The molecule has 1 aliphatic rings. The quantitative estimate of drug-likeness (QED) is 0.635. The van der Waals surface area contributed by atoms with Crippen LogP contribution in [0, 0.1) is 17.1 Å². The van der Waals surface area contributed by atoms with E-state index >= 15 is 0 Å². The average Bonchev–Trinajstić information content (AvgIpc) is 2.67. The van der Waals surface area contributed by atoms with E-state index in [1.807, 2.05) is 6.07 Å². The van der Waals surface area contributed by atoms with Gasteiger partial charge in [-0.05, 0) is 36.8 Å². The van der Waals surface area contributed by atoms with Crippen molar-refractivity contribution in [2.45, 2.75) is 12.5 Å². The van der Waals surface area contributed by atoms with Crippen LogP contribution >= 0.6 is 22.4 Å². The van der Waals surface area contributed by atoms with Gasteiger partial charge >= 0.3 is 0 Å². The molecule has 0 spiro atoms. The minimum Gasteiger partial charge on any atom is -0.369 e. The molecular formula is C19H18ClF2N5O2S. The summed E-state index contributed by atoms with van der Waals surface area (Å²) in [6, 6.07) is 6.88. The first-order valence-corrected chi connectivity index (χ1v) is 10.6. The number of aromatic nitrogens is 1. The molecule has 1 aromatic heterocycles. The van der Waals surface area contributed by atoms with Gasteiger partial charge in [0.05, 0.1) is 16.3 Å². The first-order chi connectivity index (χ1) is 14.0. The second kappa shape index (κ2) is 7.85. The molecule has 0 fully saturated rings. The van der Waals surface area contributed by atoms with E-state index < -0.39 is 28.0 Å². The number of hydrogen-bond donors (Lipinski definition) is 3. The first-order valence-electron chi connectivity index (χ1n) is 8.55. The van der Waals surface area contributed by atoms with E-state index in [2.05, 4.69) is 9.98 Å². The van der Waals surface area contributed by atoms with E-state index in [1.165, 1.54) is 38.4 Å². The number of hydrogen-bond acceptors (Lipinski definition) is 7. The van der Waals surface area contributed by atoms with E-state index in [0.717, 1.165) is 16.4 Å². The van der Waals surface area contributed by atoms with Gasteiger partial charge in [0.15, 0.2) is 0 Å². The molecule has 2 aromatic rings. The van der Waals surface area contributed by atoms with Crippen LogP contribution in [0.25, 0.3) is 11.9 Å². The molecule has 7 nitrogen and oxygen atoms in total. The molecule has 1 aromatic carbocycles. The second-order valence-electron chi connectivity index (χ2n) is 6.91. The highest BCUT2D eigenvalue weighted by Crippen LogP contribution is 2.51. The number of nitriles is 1. The lowest BCUT2D eigenvalue weighted by Gasteiger charge is -2.49. The Morgan fingerprint density at radius 3 is 2.77 bits per heavy atom. The highest BCUT2D eigenvalue weighted by Gasteiger charge is 2.41. The Morgan fingerprint density at radius 1 is 1.43 bits per heavy atom. The van der Waals surface area contributed by atoms with Crippen molar-refractivity contribution >= 4 is 40.2 Å². The second-order valence-corrected chi connectivity index (χ2v) is 9.42. The number of benzene rings is 1. The van der Waals surface area contributed by atoms with Crippen molar-refractivity contribution in [3.63, 3.8) is 0 Å². The fourth-order valence-electron chi connectivity index (χ4n) is 3.04. The van der Waals surface area contributed by atoms with Crippen molar-refractivity contribution < 1.29 is 17.9 Å². The minimum atomic E-state index is -3.31. The molecule has 0 aliphatic carbocycles. The van der Waals surface area contributed by atoms with Crippen LogP contribution in [0.5, 0.6) is 0 Å². The monoisotopic (exact) mass is 453 g/mol. The van der Waals surface area contributed by atoms with Crippen molar-refractivity contribution in [1.82, 2.24) is 9.29 Å². The molecule has 0 bridgehead atoms. The van der Waals surface area contributed by atoms with E-state index in [0.29, 0.717) is 0 Å². The predicted octanol–water partition coefficient (Wildman–Crippen LogP) is 4.35. The Balaban J connectivity index is 2.04. The number of guanidine groups is 1. The Labute approximate surface area is 178 Å². The molecule has 0 saturated carbocycles. The highest BCUT2D eigenvalue weighted by atomic mass is 35.5. The van der Waals surface area contributed by atoms with Crippen LogP contribution in [0.1, 0.15) is 29.3 Å². The van der Waals surface area contributed by atoms with Gasteiger partial charge in [0.2, 0.25) is 5.96 Å². The van der Waals surface area contributed by atoms with Gasteiger partial charge in [0, 0.05) is 18.8 Å². The lowest BCUT2D eigenvalue weighted by Crippen LogP contribution is -2.47. The average molecular weight is 454 g/mol. The van der Waals surface area contributed by atoms with E-state index in [-0.39, 0.29) is 39.1 Å². The Bertz CT molecular complexity index is 1120. The molecule has 158 valence electrons. The molecular weight excluding hydrogens is 436 g/mol. The van der Waals surface area contributed by atoms with Crippen LogP contribution in [-0.2, 0) is 5.54 Å². The third-order valence-corrected chi connectivity index (χ3v) is 7.00. The molecule has 30 heavy (non-hydrogen) atoms. The minimum absolute atomic E-state index is 0.0295. The normalized spacial score (nSPS) is 22.3. The molecule has 11 heteroatoms. The van der Waals surface area contributed by atoms with Gasteiger partial charge in [-0.25, -0.2) is 18.1 Å². The summed E-state index contributed by atoms with van der Waals surface area (Å²) in [4.78, 5) is 8.09. The third kappa shape index (κ3) is 4.11. The number of nitrogens with two attached hydrogens (primary N) is 1. The molecule has 0 saturated heterocycles. The number of halogens is 3. The third-order valence-electron chi connectivity index (χ3n) is 4.68. The maximum Gasteiger partial charge on any atom is 0.210 e. The van der Waals surface area contributed by atoms with Crippen LogP contribution in [0.2, 0.25) is 5.02 Å². The maximum absolute atomic E-state index is 14.7. The van der Waals surface area contributed by atoms with Gasteiger partial charge in [-0.1, -0.05) is 17.7 Å². The largest absolute Gasteiger partial charge is 0.369 e. The Kier molecular flexibility index (Phi) is 5.75. The van der Waals surface area contributed by atoms with Gasteiger partial charge in [0.1, 0.15) is 28.9 Å². The lowest BCUT2D eigenvalue weighted by atomic mass is 9.92. The van der Waals surface area contributed by atoms with Gasteiger partial charge < -0.3 is 5.73 Å². The van der Waals surface area contributed by atoms with Crippen molar-refractivity contribution in [3.05, 3.63) is 63.7 Å². The summed E-state index contributed by atoms with van der Waals surface area (Å²) >= 11 is 5.81. The molecule has 2 heterocycles. The molecule has 0 amide bonds. The molecule has 1 atom stereocenters. The summed E-state index contributed by atoms with van der Waals surface area (Å²) < 4.78 is 51.0. The molecule has 1 unspecified atom stereocenters. The summed E-state index contributed by atoms with van der Waals surface area (Å²) in [5.74, 6) is -1.84. The zero-order valence-electron chi connectivity index (χ0n) is 16.0. The summed E-state index contributed by atoms with van der Waals surface area (Å²) in [5.41, 5.74) is 4.69. The van der Waals surface area contributed by atoms with Crippen LogP contribution in [0.3, 0.4) is 0 Å². The number of aliphatic imine (C=N–C) groups is 1. The molecule has 0 radical (unpaired) electrons. The van der Waals surface area contributed by atoms with Crippen LogP contribution in [0.15, 0.2) is 35.5 Å². The predicted molar refractivity (Wildman–Crippen MR) is 114 cm³/mol. The summed E-state index contributed by atoms with van der Waals surface area (Å²) in [6.07, 6.45) is 2.28. The van der Waals surface area contributed by atoms with Crippen molar-refractivity contribution in [2.75, 3.05) is 12.8 Å². The SMILES string of the molecule is CN1C(N)=NC(C)(c2cc(C=C(F)c3cc(C#N)c(Cl)cn3)ccc2F)CS1(O)O. The van der Waals surface area contributed by atoms with Crippen LogP contribution in [-0.4, -0.2) is 37.2 Å². The maximum atomic E-state index is 14.7. The molecule has 4 N–H and O–H groups in total. The van der Waals surface area contributed by atoms with Gasteiger partial charge in [-0.15, -0.1) is 10.8 Å². The smallest absolute Gasteiger partial charge is 0.210 e. The Hall–Kier alpha value is -2.71. The number of pyridine rings is 1. The topological polar surface area (TPSA) is 119 Å². The Morgan fingerprint density at radius 2 is 2.13 bits per heavy atom. The van der Waals surface area contributed by atoms with Crippen molar-refractivity contribution in [1.29, 1.82) is 5.26 Å². The standard InChI is InChI=1S/C19H18ClF2N5O2S/c1-19(10-30(28,29)27(2)18(24)26-19)13-5-11(3-4-15(13)21)6-16(22)17-7-12(8-23)14(20)9-25-17/h3-7,9,28-29H,10H2,1-2H3,(H2,24,26). The summed E-state index contributed by atoms with van der Waals surface area (Å²) in [5, 5.41) is 9.13. The van der Waals surface area contributed by atoms with Crippen molar-refractivity contribution in [3.8, 4) is 6.07 Å². The number of rotatable bonds is 3. The van der Waals surface area contributed by atoms with Crippen molar-refractivity contribution in [2.24, 2.45) is 10.7 Å². The van der Waals surface area contributed by atoms with Gasteiger partial charge in [-0.3, -0.25) is 14.1 Å². The zero-order valence-corrected chi connectivity index (χ0v) is 17.5. The van der Waals surface area contributed by atoms with Gasteiger partial charge in [-0.2, -0.15) is 5.26 Å². The fourth-order valence-corrected chi connectivity index (χ4v) is 4.69. The van der Waals surface area contributed by atoms with E-state index in [1.54, 1.807) is 0 Å². The van der Waals surface area contributed by atoms with Crippen LogP contribution in [0.4, 0.5) is 8.78 Å². The molecule has 3 rings (SSSR count). The highest BCUT2D eigenvalue weighted by molar-refractivity contribution is 8.22. The fraction of sp³-hybridized carbons (Fsp3) is 0.211.